The van der Waals surface area contributed by atoms with Gasteiger partial charge in [0.05, 0.1) is 0 Å². The zero-order valence-corrected chi connectivity index (χ0v) is 9.26. The number of hydrogen-bond acceptors (Lipinski definition) is 2. The van der Waals surface area contributed by atoms with Gasteiger partial charge in [0.2, 0.25) is 0 Å². The van der Waals surface area contributed by atoms with Gasteiger partial charge in [-0.05, 0) is 33.7 Å². The van der Waals surface area contributed by atoms with Crippen LogP contribution in [0, 0.1) is 0 Å². The summed E-state index contributed by atoms with van der Waals surface area (Å²) < 4.78 is 0. The molecule has 1 saturated carbocycles. The van der Waals surface area contributed by atoms with Crippen LogP contribution in [0.4, 0.5) is 0 Å². The Bertz CT molecular complexity index is 198. The van der Waals surface area contributed by atoms with E-state index >= 15 is 0 Å². The molecule has 1 rings (SSSR count). The second kappa shape index (κ2) is 3.79. The highest BCUT2D eigenvalue weighted by Gasteiger charge is 2.32. The van der Waals surface area contributed by atoms with E-state index in [0.717, 1.165) is 25.7 Å². The molecule has 0 saturated heterocycles. The molecular formula is C11H21NO. The lowest BCUT2D eigenvalue weighted by atomic mass is 9.97. The summed E-state index contributed by atoms with van der Waals surface area (Å²) in [4.78, 5) is 13.5. The highest BCUT2D eigenvalue weighted by atomic mass is 16.1. The molecule has 1 aliphatic carbocycles. The van der Waals surface area contributed by atoms with Crippen molar-refractivity contribution in [3.05, 3.63) is 0 Å². The summed E-state index contributed by atoms with van der Waals surface area (Å²) in [7, 11) is 2.15. The average Bonchev–Trinajstić information content (AvgIpc) is 2.50. The number of carbonyl (C=O) groups is 1. The van der Waals surface area contributed by atoms with Crippen LogP contribution in [0.1, 0.15) is 46.5 Å². The Balaban J connectivity index is 2.57. The third-order valence-electron chi connectivity index (χ3n) is 3.59. The van der Waals surface area contributed by atoms with Gasteiger partial charge in [-0.2, -0.15) is 0 Å². The van der Waals surface area contributed by atoms with E-state index in [-0.39, 0.29) is 5.54 Å². The molecule has 13 heavy (non-hydrogen) atoms. The minimum absolute atomic E-state index is 0.231. The Labute approximate surface area is 81.3 Å². The Hall–Kier alpha value is -0.370. The van der Waals surface area contributed by atoms with Gasteiger partial charge in [0.25, 0.3) is 0 Å². The first kappa shape index (κ1) is 10.7. The lowest BCUT2D eigenvalue weighted by Crippen LogP contribution is -2.46. The van der Waals surface area contributed by atoms with E-state index in [4.69, 9.17) is 0 Å². The Kier molecular flexibility index (Phi) is 3.12. The minimum atomic E-state index is 0.231. The minimum Gasteiger partial charge on any atom is -0.300 e. The quantitative estimate of drug-likeness (QED) is 0.668. The van der Waals surface area contributed by atoms with Crippen LogP contribution in [0.15, 0.2) is 0 Å². The van der Waals surface area contributed by atoms with Crippen LogP contribution in [0.3, 0.4) is 0 Å². The van der Waals surface area contributed by atoms with Crippen molar-refractivity contribution in [3.63, 3.8) is 0 Å². The average molecular weight is 183 g/mol. The van der Waals surface area contributed by atoms with Crippen molar-refractivity contribution in [3.8, 4) is 0 Å². The predicted octanol–water partition coefficient (Wildman–Crippen LogP) is 2.23. The fourth-order valence-corrected chi connectivity index (χ4v) is 1.87. The topological polar surface area (TPSA) is 20.3 Å². The van der Waals surface area contributed by atoms with E-state index < -0.39 is 0 Å². The van der Waals surface area contributed by atoms with Gasteiger partial charge in [-0.15, -0.1) is 0 Å². The van der Waals surface area contributed by atoms with Gasteiger partial charge in [0.15, 0.2) is 0 Å². The number of rotatable bonds is 3. The zero-order chi connectivity index (χ0) is 10.1. The summed E-state index contributed by atoms with van der Waals surface area (Å²) in [5, 5.41) is 0. The Morgan fingerprint density at radius 1 is 1.54 bits per heavy atom. The van der Waals surface area contributed by atoms with Crippen LogP contribution in [0.25, 0.3) is 0 Å². The van der Waals surface area contributed by atoms with Gasteiger partial charge in [-0.3, -0.25) is 9.69 Å². The Morgan fingerprint density at radius 2 is 2.15 bits per heavy atom. The fraction of sp³-hybridized carbons (Fsp3) is 0.909. The summed E-state index contributed by atoms with van der Waals surface area (Å²) in [5.74, 6) is 0.434. The maximum Gasteiger partial charge on any atom is 0.134 e. The molecule has 2 nitrogen and oxygen atoms in total. The SMILES string of the molecule is CCC(C)(C)N(C)C1CCC(=O)C1. The van der Waals surface area contributed by atoms with Crippen LogP contribution in [0.5, 0.6) is 0 Å². The molecule has 0 heterocycles. The number of ketones is 1. The van der Waals surface area contributed by atoms with Crippen LogP contribution in [0.2, 0.25) is 0 Å². The van der Waals surface area contributed by atoms with Crippen LogP contribution in [-0.4, -0.2) is 29.3 Å². The second-order valence-corrected chi connectivity index (χ2v) is 4.71. The maximum atomic E-state index is 11.1. The van der Waals surface area contributed by atoms with Crippen LogP contribution in [-0.2, 0) is 4.79 Å². The molecule has 0 aliphatic heterocycles. The molecule has 1 atom stereocenters. The van der Waals surface area contributed by atoms with E-state index in [9.17, 15) is 4.79 Å². The third kappa shape index (κ3) is 2.31. The molecule has 0 bridgehead atoms. The van der Waals surface area contributed by atoms with Gasteiger partial charge < -0.3 is 0 Å². The number of hydrogen-bond donors (Lipinski definition) is 0. The van der Waals surface area contributed by atoms with Gasteiger partial charge in [0.1, 0.15) is 5.78 Å². The van der Waals surface area contributed by atoms with E-state index in [2.05, 4.69) is 32.7 Å². The lowest BCUT2D eigenvalue weighted by Gasteiger charge is -2.39. The van der Waals surface area contributed by atoms with E-state index in [1.807, 2.05) is 0 Å². The van der Waals surface area contributed by atoms with Crippen molar-refractivity contribution in [2.45, 2.75) is 58.0 Å². The molecule has 1 unspecified atom stereocenters. The molecule has 0 amide bonds. The van der Waals surface area contributed by atoms with Gasteiger partial charge in [-0.1, -0.05) is 6.92 Å². The maximum absolute atomic E-state index is 11.1. The van der Waals surface area contributed by atoms with E-state index in [1.54, 1.807) is 0 Å². The molecule has 2 heteroatoms. The molecule has 0 N–H and O–H groups in total. The van der Waals surface area contributed by atoms with Crippen molar-refractivity contribution in [2.24, 2.45) is 0 Å². The number of Topliss-reactive ketones (excluding diaryl/α,β-unsaturated/α-hetero) is 1. The molecule has 0 spiro atoms. The third-order valence-corrected chi connectivity index (χ3v) is 3.59. The zero-order valence-electron chi connectivity index (χ0n) is 9.26. The van der Waals surface area contributed by atoms with E-state index in [0.29, 0.717) is 11.8 Å². The lowest BCUT2D eigenvalue weighted by molar-refractivity contribution is -0.117. The summed E-state index contributed by atoms with van der Waals surface area (Å²) in [6.07, 6.45) is 3.74. The first-order valence-electron chi connectivity index (χ1n) is 5.22. The van der Waals surface area contributed by atoms with E-state index in [1.165, 1.54) is 0 Å². The van der Waals surface area contributed by atoms with Gasteiger partial charge in [-0.25, -0.2) is 0 Å². The van der Waals surface area contributed by atoms with Crippen molar-refractivity contribution < 1.29 is 4.79 Å². The normalized spacial score (nSPS) is 24.4. The molecule has 1 fully saturated rings. The first-order chi connectivity index (χ1) is 5.97. The highest BCUT2D eigenvalue weighted by molar-refractivity contribution is 5.81. The van der Waals surface area contributed by atoms with Crippen molar-refractivity contribution in [2.75, 3.05) is 7.05 Å². The fourth-order valence-electron chi connectivity index (χ4n) is 1.87. The first-order valence-corrected chi connectivity index (χ1v) is 5.22. The van der Waals surface area contributed by atoms with Crippen molar-refractivity contribution >= 4 is 5.78 Å². The molecule has 0 aromatic heterocycles. The molecule has 0 radical (unpaired) electrons. The summed E-state index contributed by atoms with van der Waals surface area (Å²) in [6.45, 7) is 6.69. The largest absolute Gasteiger partial charge is 0.300 e. The molecule has 76 valence electrons. The van der Waals surface area contributed by atoms with Gasteiger partial charge in [0, 0.05) is 24.4 Å². The monoisotopic (exact) mass is 183 g/mol. The second-order valence-electron chi connectivity index (χ2n) is 4.71. The van der Waals surface area contributed by atoms with Crippen molar-refractivity contribution in [1.82, 2.24) is 4.90 Å². The number of nitrogens with zero attached hydrogens (tertiary/aromatic N) is 1. The standard InChI is InChI=1S/C11H21NO/c1-5-11(2,3)12(4)9-6-7-10(13)8-9/h9H,5-8H2,1-4H3. The summed E-state index contributed by atoms with van der Waals surface area (Å²) >= 11 is 0. The van der Waals surface area contributed by atoms with Gasteiger partial charge >= 0.3 is 0 Å². The van der Waals surface area contributed by atoms with Crippen LogP contribution < -0.4 is 0 Å². The highest BCUT2D eigenvalue weighted by Crippen LogP contribution is 2.27. The molecular weight excluding hydrogens is 162 g/mol. The summed E-state index contributed by atoms with van der Waals surface area (Å²) in [6, 6.07) is 0.488. The molecule has 0 aromatic carbocycles. The van der Waals surface area contributed by atoms with Crippen molar-refractivity contribution in [1.29, 1.82) is 0 Å². The molecule has 1 aliphatic rings. The molecule has 0 aromatic rings. The summed E-state index contributed by atoms with van der Waals surface area (Å²) in [5.41, 5.74) is 0.231. The predicted molar refractivity (Wildman–Crippen MR) is 54.8 cm³/mol. The van der Waals surface area contributed by atoms with Crippen LogP contribution >= 0.6 is 0 Å². The smallest absolute Gasteiger partial charge is 0.134 e. The number of carbonyl (C=O) groups excluding carboxylic acids is 1. The Morgan fingerprint density at radius 3 is 2.54 bits per heavy atom.